The number of methoxy groups -OCH3 is 2. The molecule has 0 amide bonds. The van der Waals surface area contributed by atoms with Crippen molar-refractivity contribution in [2.75, 3.05) is 27.4 Å². The number of nitrogens with one attached hydrogen (secondary N) is 1. The number of benzene rings is 1. The molecule has 1 aromatic rings. The Bertz CT molecular complexity index is 727. The Hall–Kier alpha value is -1.60. The summed E-state index contributed by atoms with van der Waals surface area (Å²) in [7, 11) is -1.87. The molecule has 28 heavy (non-hydrogen) atoms. The molecule has 2 N–H and O–H groups in total. The molecule has 0 unspecified atom stereocenters. The zero-order chi connectivity index (χ0) is 20.7. The Kier molecular flexibility index (Phi) is 8.31. The van der Waals surface area contributed by atoms with E-state index in [2.05, 4.69) is 4.72 Å². The quantitative estimate of drug-likeness (QED) is 0.431. The maximum absolute atomic E-state index is 12.2. The second-order valence-corrected chi connectivity index (χ2v) is 7.17. The van der Waals surface area contributed by atoms with Gasteiger partial charge in [0.2, 0.25) is 0 Å². The van der Waals surface area contributed by atoms with E-state index in [0.29, 0.717) is 5.56 Å². The van der Waals surface area contributed by atoms with E-state index >= 15 is 0 Å². The highest BCUT2D eigenvalue weighted by Gasteiger charge is 2.49. The fraction of sp³-hybridized carbons (Fsp3) is 0.588. The molecule has 2 rings (SSSR count). The Morgan fingerprint density at radius 3 is 2.39 bits per heavy atom. The highest BCUT2D eigenvalue weighted by Crippen LogP contribution is 2.27. The minimum Gasteiger partial charge on any atom is -0.459 e. The van der Waals surface area contributed by atoms with Gasteiger partial charge in [-0.3, -0.25) is 4.55 Å². The van der Waals surface area contributed by atoms with Crippen LogP contribution in [0, 0.1) is 0 Å². The summed E-state index contributed by atoms with van der Waals surface area (Å²) in [6.45, 7) is 1.73. The molecule has 10 nitrogen and oxygen atoms in total. The predicted molar refractivity (Wildman–Crippen MR) is 97.1 cm³/mol. The lowest BCUT2D eigenvalue weighted by Crippen LogP contribution is -2.66. The molecule has 11 heteroatoms. The molecular formula is C17H25NO9S. The van der Waals surface area contributed by atoms with Gasteiger partial charge in [-0.25, -0.2) is 4.79 Å². The molecule has 0 radical (unpaired) electrons. The van der Waals surface area contributed by atoms with E-state index in [4.69, 9.17) is 23.7 Å². The maximum Gasteiger partial charge on any atom is 0.338 e. The average molecular weight is 419 g/mol. The van der Waals surface area contributed by atoms with Gasteiger partial charge in [0.1, 0.15) is 24.9 Å². The molecule has 0 saturated carbocycles. The van der Waals surface area contributed by atoms with Crippen LogP contribution in [-0.2, 0) is 34.0 Å². The van der Waals surface area contributed by atoms with Crippen LogP contribution in [0.3, 0.4) is 0 Å². The van der Waals surface area contributed by atoms with Crippen LogP contribution >= 0.6 is 0 Å². The summed E-state index contributed by atoms with van der Waals surface area (Å²) < 4.78 is 61.4. The summed E-state index contributed by atoms with van der Waals surface area (Å²) in [5.41, 5.74) is 0.357. The van der Waals surface area contributed by atoms with E-state index in [1.807, 2.05) is 0 Å². The van der Waals surface area contributed by atoms with Crippen LogP contribution in [-0.4, -0.2) is 77.0 Å². The van der Waals surface area contributed by atoms with Crippen molar-refractivity contribution in [3.63, 3.8) is 0 Å². The van der Waals surface area contributed by atoms with E-state index in [1.165, 1.54) is 14.2 Å². The van der Waals surface area contributed by atoms with Crippen molar-refractivity contribution >= 4 is 16.3 Å². The molecule has 0 aromatic heterocycles. The first-order valence-corrected chi connectivity index (χ1v) is 10.0. The lowest BCUT2D eigenvalue weighted by atomic mass is 9.96. The molecule has 1 heterocycles. The summed E-state index contributed by atoms with van der Waals surface area (Å²) in [4.78, 5) is 12.2. The zero-order valence-electron chi connectivity index (χ0n) is 15.8. The first kappa shape index (κ1) is 22.7. The van der Waals surface area contributed by atoms with Crippen molar-refractivity contribution in [3.8, 4) is 0 Å². The minimum atomic E-state index is -4.58. The van der Waals surface area contributed by atoms with Gasteiger partial charge in [-0.1, -0.05) is 18.2 Å². The Labute approximate surface area is 163 Å². The van der Waals surface area contributed by atoms with Crippen molar-refractivity contribution in [1.29, 1.82) is 0 Å². The van der Waals surface area contributed by atoms with Gasteiger partial charge in [0.15, 0.2) is 6.29 Å². The van der Waals surface area contributed by atoms with Crippen LogP contribution in [0.5, 0.6) is 0 Å². The first-order valence-electron chi connectivity index (χ1n) is 8.60. The highest BCUT2D eigenvalue weighted by atomic mass is 32.2. The fourth-order valence-electron chi connectivity index (χ4n) is 3.03. The summed E-state index contributed by atoms with van der Waals surface area (Å²) in [6, 6.07) is 7.33. The lowest BCUT2D eigenvalue weighted by molar-refractivity contribution is -0.281. The largest absolute Gasteiger partial charge is 0.459 e. The minimum absolute atomic E-state index is 0.228. The number of ether oxygens (including phenoxy) is 5. The van der Waals surface area contributed by atoms with Gasteiger partial charge in [0, 0.05) is 20.8 Å². The maximum atomic E-state index is 12.2. The van der Waals surface area contributed by atoms with E-state index in [9.17, 15) is 17.8 Å². The van der Waals surface area contributed by atoms with E-state index in [0.717, 1.165) is 0 Å². The van der Waals surface area contributed by atoms with Gasteiger partial charge in [0.05, 0.1) is 11.6 Å². The number of esters is 1. The van der Waals surface area contributed by atoms with E-state index in [-0.39, 0.29) is 13.2 Å². The van der Waals surface area contributed by atoms with Crippen LogP contribution in [0.1, 0.15) is 17.3 Å². The second-order valence-electron chi connectivity index (χ2n) is 5.98. The summed E-state index contributed by atoms with van der Waals surface area (Å²) in [5.74, 6) is -0.570. The lowest BCUT2D eigenvalue weighted by Gasteiger charge is -2.44. The van der Waals surface area contributed by atoms with Crippen LogP contribution in [0.4, 0.5) is 0 Å². The van der Waals surface area contributed by atoms with Gasteiger partial charge < -0.3 is 23.7 Å². The van der Waals surface area contributed by atoms with Crippen LogP contribution in [0.15, 0.2) is 30.3 Å². The van der Waals surface area contributed by atoms with E-state index in [1.54, 1.807) is 37.3 Å². The Balaban J connectivity index is 2.19. The third kappa shape index (κ3) is 5.95. The number of carbonyl (C=O) groups excluding carboxylic acids is 1. The fourth-order valence-corrected chi connectivity index (χ4v) is 3.65. The second kappa shape index (κ2) is 10.3. The molecule has 0 bridgehead atoms. The first-order chi connectivity index (χ1) is 13.3. The zero-order valence-corrected chi connectivity index (χ0v) is 16.6. The van der Waals surface area contributed by atoms with Crippen LogP contribution < -0.4 is 4.72 Å². The summed E-state index contributed by atoms with van der Waals surface area (Å²) >= 11 is 0. The van der Waals surface area contributed by atoms with Crippen molar-refractivity contribution in [2.24, 2.45) is 0 Å². The molecule has 1 aromatic carbocycles. The highest BCUT2D eigenvalue weighted by molar-refractivity contribution is 7.83. The van der Waals surface area contributed by atoms with Crippen molar-refractivity contribution in [1.82, 2.24) is 4.72 Å². The molecule has 1 aliphatic heterocycles. The SMILES string of the molecule is CCO[C@@H]1[C@@H](OC)O[C@H](COC(=O)c2ccccc2)[C@@H](OC)[C@@H]1NS(=O)(=O)O. The van der Waals surface area contributed by atoms with Crippen molar-refractivity contribution < 1.29 is 41.4 Å². The predicted octanol–water partition coefficient (Wildman–Crippen LogP) is 0.396. The van der Waals surface area contributed by atoms with Gasteiger partial charge in [-0.15, -0.1) is 0 Å². The Morgan fingerprint density at radius 2 is 1.86 bits per heavy atom. The third-order valence-electron chi connectivity index (χ3n) is 4.19. The topological polar surface area (TPSA) is 130 Å². The van der Waals surface area contributed by atoms with Crippen LogP contribution in [0.2, 0.25) is 0 Å². The molecule has 0 aliphatic carbocycles. The van der Waals surface area contributed by atoms with Crippen LogP contribution in [0.25, 0.3) is 0 Å². The molecule has 158 valence electrons. The number of rotatable bonds is 9. The summed E-state index contributed by atoms with van der Waals surface area (Å²) in [6.07, 6.45) is -3.68. The summed E-state index contributed by atoms with van der Waals surface area (Å²) in [5, 5.41) is 0. The van der Waals surface area contributed by atoms with Crippen molar-refractivity contribution in [3.05, 3.63) is 35.9 Å². The van der Waals surface area contributed by atoms with Gasteiger partial charge in [-0.2, -0.15) is 13.1 Å². The number of hydrogen-bond donors (Lipinski definition) is 2. The molecule has 0 spiro atoms. The standard InChI is InChI=1S/C17H25NO9S/c1-4-25-15-13(18-28(20,21)22)14(23-2)12(27-17(15)24-3)10-26-16(19)11-8-6-5-7-9-11/h5-9,12-15,17-18H,4,10H2,1-3H3,(H,20,21,22)/t12-,13+,14-,15+,17+/m1/s1. The molecule has 1 aliphatic rings. The number of carbonyl (C=O) groups is 1. The normalized spacial score (nSPS) is 28.1. The molecular weight excluding hydrogens is 394 g/mol. The van der Waals surface area contributed by atoms with Gasteiger partial charge in [0.25, 0.3) is 0 Å². The molecule has 1 fully saturated rings. The monoisotopic (exact) mass is 419 g/mol. The van der Waals surface area contributed by atoms with E-state index < -0.39 is 46.9 Å². The van der Waals surface area contributed by atoms with Crippen molar-refractivity contribution in [2.45, 2.75) is 37.6 Å². The van der Waals surface area contributed by atoms with Gasteiger partial charge >= 0.3 is 16.3 Å². The number of hydrogen-bond acceptors (Lipinski definition) is 8. The van der Waals surface area contributed by atoms with Gasteiger partial charge in [-0.05, 0) is 19.1 Å². The Morgan fingerprint density at radius 1 is 1.18 bits per heavy atom. The molecule has 5 atom stereocenters. The molecule has 1 saturated heterocycles. The third-order valence-corrected chi connectivity index (χ3v) is 4.76. The average Bonchev–Trinajstić information content (AvgIpc) is 2.67. The smallest absolute Gasteiger partial charge is 0.338 e.